The van der Waals surface area contributed by atoms with Gasteiger partial charge in [0.2, 0.25) is 0 Å². The highest BCUT2D eigenvalue weighted by Gasteiger charge is 2.40. The summed E-state index contributed by atoms with van der Waals surface area (Å²) in [6, 6.07) is 5.11. The maximum Gasteiger partial charge on any atom is 0.160 e. The fourth-order valence-electron chi connectivity index (χ4n) is 3.72. The fraction of sp³-hybridized carbons (Fsp3) is 0.238. The van der Waals surface area contributed by atoms with Gasteiger partial charge in [-0.25, -0.2) is 13.2 Å². The molecule has 5 nitrogen and oxygen atoms in total. The summed E-state index contributed by atoms with van der Waals surface area (Å²) in [7, 11) is 0. The summed E-state index contributed by atoms with van der Waals surface area (Å²) in [5.74, 6) is -2.45. The molecule has 2 heterocycles. The van der Waals surface area contributed by atoms with E-state index in [-0.39, 0.29) is 35.0 Å². The number of hydrogen-bond donors (Lipinski definition) is 4. The molecule has 8 heteroatoms. The highest BCUT2D eigenvalue weighted by molar-refractivity contribution is 6.24. The van der Waals surface area contributed by atoms with Gasteiger partial charge in [-0.2, -0.15) is 0 Å². The SMILES string of the molecule is CCC(=N)N1C(=N)C(C)(C)Nc2cc(F)c(-c3cc(F)cc4cc[nH]c34)c(F)c21. The Bertz CT molecular complexity index is 1180. The average molecular weight is 399 g/mol. The number of fused-ring (bicyclic) bond motifs is 2. The van der Waals surface area contributed by atoms with Crippen LogP contribution in [0.1, 0.15) is 27.2 Å². The summed E-state index contributed by atoms with van der Waals surface area (Å²) >= 11 is 0. The number of amidine groups is 2. The molecule has 0 amide bonds. The first kappa shape index (κ1) is 19.0. The maximum atomic E-state index is 15.8. The third-order valence-corrected chi connectivity index (χ3v) is 5.18. The van der Waals surface area contributed by atoms with E-state index >= 15 is 8.78 Å². The predicted molar refractivity (Wildman–Crippen MR) is 110 cm³/mol. The standard InChI is InChI=1S/C21H20F3N5/c1-4-15(25)29-19-14(28-21(2,3)20(29)26)9-13(23)16(17(19)24)12-8-11(22)7-10-5-6-27-18(10)12/h5-9,25-28H,4H2,1-3H3. The number of anilines is 2. The number of benzene rings is 2. The van der Waals surface area contributed by atoms with Gasteiger partial charge in [0.15, 0.2) is 5.82 Å². The number of hydrogen-bond acceptors (Lipinski definition) is 3. The molecule has 150 valence electrons. The smallest absolute Gasteiger partial charge is 0.160 e. The van der Waals surface area contributed by atoms with Crippen molar-refractivity contribution in [2.45, 2.75) is 32.7 Å². The van der Waals surface area contributed by atoms with Crippen molar-refractivity contribution in [1.29, 1.82) is 10.8 Å². The number of halogens is 3. The summed E-state index contributed by atoms with van der Waals surface area (Å²) < 4.78 is 45.0. The molecule has 1 aliphatic heterocycles. The van der Waals surface area contributed by atoms with E-state index in [0.717, 1.165) is 12.1 Å². The van der Waals surface area contributed by atoms with E-state index in [0.29, 0.717) is 10.9 Å². The van der Waals surface area contributed by atoms with Gasteiger partial charge in [0.05, 0.1) is 22.3 Å². The van der Waals surface area contributed by atoms with Crippen molar-refractivity contribution >= 4 is 33.9 Å². The highest BCUT2D eigenvalue weighted by atomic mass is 19.1. The predicted octanol–water partition coefficient (Wildman–Crippen LogP) is 5.63. The molecule has 1 aromatic heterocycles. The average Bonchev–Trinajstić information content (AvgIpc) is 3.10. The van der Waals surface area contributed by atoms with Crippen molar-refractivity contribution in [2.75, 3.05) is 10.2 Å². The zero-order valence-electron chi connectivity index (χ0n) is 16.2. The number of rotatable bonds is 2. The lowest BCUT2D eigenvalue weighted by atomic mass is 9.93. The van der Waals surface area contributed by atoms with Crippen molar-refractivity contribution in [1.82, 2.24) is 4.98 Å². The molecule has 1 aliphatic rings. The highest BCUT2D eigenvalue weighted by Crippen LogP contribution is 2.44. The second kappa shape index (κ2) is 6.37. The van der Waals surface area contributed by atoms with Crippen LogP contribution in [-0.4, -0.2) is 22.2 Å². The van der Waals surface area contributed by atoms with Crippen molar-refractivity contribution in [3.63, 3.8) is 0 Å². The molecular weight excluding hydrogens is 379 g/mol. The second-order valence-corrected chi connectivity index (χ2v) is 7.57. The lowest BCUT2D eigenvalue weighted by molar-refractivity contribution is 0.587. The van der Waals surface area contributed by atoms with E-state index in [9.17, 15) is 4.39 Å². The quantitative estimate of drug-likeness (QED) is 0.333. The van der Waals surface area contributed by atoms with Crippen molar-refractivity contribution in [2.24, 2.45) is 0 Å². The lowest BCUT2D eigenvalue weighted by Crippen LogP contribution is -2.55. The second-order valence-electron chi connectivity index (χ2n) is 7.57. The molecule has 0 spiro atoms. The van der Waals surface area contributed by atoms with Crippen molar-refractivity contribution in [3.05, 3.63) is 47.9 Å². The monoisotopic (exact) mass is 399 g/mol. The molecule has 3 aromatic rings. The third kappa shape index (κ3) is 2.78. The largest absolute Gasteiger partial charge is 0.371 e. The van der Waals surface area contributed by atoms with E-state index in [4.69, 9.17) is 10.8 Å². The molecule has 0 aliphatic carbocycles. The van der Waals surface area contributed by atoms with Gasteiger partial charge in [-0.3, -0.25) is 15.7 Å². The van der Waals surface area contributed by atoms with Crippen LogP contribution in [0.25, 0.3) is 22.0 Å². The molecule has 4 rings (SSSR count). The molecule has 0 atom stereocenters. The molecular formula is C21H20F3N5. The van der Waals surface area contributed by atoms with Gasteiger partial charge in [0.25, 0.3) is 0 Å². The maximum absolute atomic E-state index is 15.8. The molecule has 0 bridgehead atoms. The van der Waals surface area contributed by atoms with E-state index in [1.165, 1.54) is 11.0 Å². The number of nitrogens with one attached hydrogen (secondary N) is 4. The zero-order chi connectivity index (χ0) is 21.1. The van der Waals surface area contributed by atoms with Gasteiger partial charge >= 0.3 is 0 Å². The van der Waals surface area contributed by atoms with Gasteiger partial charge in [0, 0.05) is 29.6 Å². The number of H-pyrrole nitrogens is 1. The minimum atomic E-state index is -0.951. The van der Waals surface area contributed by atoms with Crippen LogP contribution in [0.15, 0.2) is 30.5 Å². The summed E-state index contributed by atoms with van der Waals surface area (Å²) in [6.07, 6.45) is 1.82. The lowest BCUT2D eigenvalue weighted by Gasteiger charge is -2.42. The Hall–Kier alpha value is -3.29. The van der Waals surface area contributed by atoms with Gasteiger partial charge in [-0.05, 0) is 32.0 Å². The van der Waals surface area contributed by atoms with E-state index in [1.54, 1.807) is 33.0 Å². The summed E-state index contributed by atoms with van der Waals surface area (Å²) in [5, 5.41) is 20.2. The summed E-state index contributed by atoms with van der Waals surface area (Å²) in [5.41, 5.74) is -0.856. The molecule has 0 saturated carbocycles. The zero-order valence-corrected chi connectivity index (χ0v) is 16.2. The van der Waals surface area contributed by atoms with Crippen LogP contribution in [0.4, 0.5) is 24.5 Å². The van der Waals surface area contributed by atoms with Gasteiger partial charge in [0.1, 0.15) is 29.0 Å². The van der Waals surface area contributed by atoms with E-state index < -0.39 is 28.6 Å². The van der Waals surface area contributed by atoms with Crippen LogP contribution in [0.2, 0.25) is 0 Å². The van der Waals surface area contributed by atoms with Crippen LogP contribution in [0.5, 0.6) is 0 Å². The van der Waals surface area contributed by atoms with Crippen LogP contribution in [-0.2, 0) is 0 Å². The van der Waals surface area contributed by atoms with E-state index in [1.807, 2.05) is 0 Å². The Morgan fingerprint density at radius 2 is 1.90 bits per heavy atom. The number of nitrogens with zero attached hydrogens (tertiary/aromatic N) is 1. The first-order valence-electron chi connectivity index (χ1n) is 9.19. The van der Waals surface area contributed by atoms with Crippen LogP contribution >= 0.6 is 0 Å². The first-order valence-corrected chi connectivity index (χ1v) is 9.19. The Morgan fingerprint density at radius 3 is 2.59 bits per heavy atom. The molecule has 0 saturated heterocycles. The van der Waals surface area contributed by atoms with Crippen LogP contribution in [0.3, 0.4) is 0 Å². The molecule has 0 fully saturated rings. The van der Waals surface area contributed by atoms with E-state index in [2.05, 4.69) is 10.3 Å². The topological polar surface area (TPSA) is 78.8 Å². The Kier molecular flexibility index (Phi) is 4.18. The van der Waals surface area contributed by atoms with Gasteiger partial charge < -0.3 is 10.3 Å². The summed E-state index contributed by atoms with van der Waals surface area (Å²) in [4.78, 5) is 4.09. The molecule has 0 radical (unpaired) electrons. The van der Waals surface area contributed by atoms with Crippen molar-refractivity contribution < 1.29 is 13.2 Å². The van der Waals surface area contributed by atoms with Crippen LogP contribution in [0, 0.1) is 28.3 Å². The Morgan fingerprint density at radius 1 is 1.17 bits per heavy atom. The molecule has 29 heavy (non-hydrogen) atoms. The molecule has 0 unspecified atom stereocenters. The third-order valence-electron chi connectivity index (χ3n) is 5.18. The first-order chi connectivity index (χ1) is 13.7. The molecule has 2 aromatic carbocycles. The molecule has 4 N–H and O–H groups in total. The number of aromatic nitrogens is 1. The fourth-order valence-corrected chi connectivity index (χ4v) is 3.72. The number of aromatic amines is 1. The minimum Gasteiger partial charge on any atom is -0.371 e. The normalized spacial score (nSPS) is 15.4. The van der Waals surface area contributed by atoms with Gasteiger partial charge in [-0.1, -0.05) is 6.92 Å². The van der Waals surface area contributed by atoms with Gasteiger partial charge in [-0.15, -0.1) is 0 Å². The Balaban J connectivity index is 2.05. The minimum absolute atomic E-state index is 0.00606. The van der Waals surface area contributed by atoms with Crippen LogP contribution < -0.4 is 10.2 Å². The Labute approximate surface area is 165 Å². The van der Waals surface area contributed by atoms with Crippen molar-refractivity contribution in [3.8, 4) is 11.1 Å². The summed E-state index contributed by atoms with van der Waals surface area (Å²) in [6.45, 7) is 5.13.